The molecule has 3 nitrogen and oxygen atoms in total. The van der Waals surface area contributed by atoms with Crippen LogP contribution in [0.1, 0.15) is 23.7 Å². The highest BCUT2D eigenvalue weighted by molar-refractivity contribution is 5.96. The first-order valence-corrected chi connectivity index (χ1v) is 6.39. The molecule has 0 aliphatic rings. The second-order valence-electron chi connectivity index (χ2n) is 4.17. The fourth-order valence-electron chi connectivity index (χ4n) is 1.72. The molecule has 0 unspecified atom stereocenters. The lowest BCUT2D eigenvalue weighted by Gasteiger charge is -2.11. The number of esters is 1. The predicted molar refractivity (Wildman–Crippen MR) is 76.7 cm³/mol. The van der Waals surface area contributed by atoms with Gasteiger partial charge in [-0.25, -0.2) is 4.79 Å². The van der Waals surface area contributed by atoms with E-state index in [1.165, 1.54) is 0 Å². The van der Waals surface area contributed by atoms with Crippen molar-refractivity contribution < 1.29 is 9.53 Å². The summed E-state index contributed by atoms with van der Waals surface area (Å²) in [6.45, 7) is 2.42. The first-order valence-electron chi connectivity index (χ1n) is 6.39. The van der Waals surface area contributed by atoms with Crippen molar-refractivity contribution in [1.29, 1.82) is 0 Å². The molecule has 0 aromatic heterocycles. The molecular weight excluding hydrogens is 238 g/mol. The molecule has 0 radical (unpaired) electrons. The average Bonchev–Trinajstić information content (AvgIpc) is 2.46. The molecule has 0 fully saturated rings. The molecule has 0 saturated carbocycles. The molecule has 2 aromatic carbocycles. The summed E-state index contributed by atoms with van der Waals surface area (Å²) in [5, 5.41) is 3.23. The van der Waals surface area contributed by atoms with Gasteiger partial charge in [0.15, 0.2) is 0 Å². The number of carbonyl (C=O) groups excluding carboxylic acids is 1. The number of benzene rings is 2. The minimum absolute atomic E-state index is 0.291. The Balaban J connectivity index is 2.19. The second kappa shape index (κ2) is 6.59. The molecule has 2 aromatic rings. The van der Waals surface area contributed by atoms with E-state index < -0.39 is 0 Å². The predicted octanol–water partition coefficient (Wildman–Crippen LogP) is 4.00. The average molecular weight is 255 g/mol. The maximum Gasteiger partial charge on any atom is 0.340 e. The van der Waals surface area contributed by atoms with Gasteiger partial charge in [0.1, 0.15) is 0 Å². The first kappa shape index (κ1) is 13.1. The Hall–Kier alpha value is -2.29. The summed E-state index contributed by atoms with van der Waals surface area (Å²) in [4.78, 5) is 12.0. The minimum atomic E-state index is -0.291. The van der Waals surface area contributed by atoms with Crippen LogP contribution in [-0.2, 0) is 4.74 Å². The van der Waals surface area contributed by atoms with Crippen LogP contribution in [0.5, 0.6) is 0 Å². The lowest BCUT2D eigenvalue weighted by molar-refractivity contribution is 0.0506. The van der Waals surface area contributed by atoms with Gasteiger partial charge in [-0.05, 0) is 30.7 Å². The Kier molecular flexibility index (Phi) is 4.56. The zero-order valence-corrected chi connectivity index (χ0v) is 10.9. The lowest BCUT2D eigenvalue weighted by atomic mass is 10.1. The van der Waals surface area contributed by atoms with Gasteiger partial charge < -0.3 is 10.1 Å². The number of para-hydroxylation sites is 2. The van der Waals surface area contributed by atoms with Gasteiger partial charge in [0.25, 0.3) is 0 Å². The molecule has 3 heteroatoms. The molecule has 98 valence electrons. The number of anilines is 2. The highest BCUT2D eigenvalue weighted by Gasteiger charge is 2.11. The number of hydrogen-bond donors (Lipinski definition) is 1. The molecule has 0 atom stereocenters. The van der Waals surface area contributed by atoms with Crippen LogP contribution < -0.4 is 5.32 Å². The van der Waals surface area contributed by atoms with Crippen molar-refractivity contribution in [3.63, 3.8) is 0 Å². The zero-order valence-electron chi connectivity index (χ0n) is 10.9. The standard InChI is InChI=1S/C16H17NO2/c1-2-12-19-16(18)14-10-6-7-11-15(14)17-13-8-4-3-5-9-13/h3-11,17H,2,12H2,1H3. The number of carbonyl (C=O) groups is 1. The van der Waals surface area contributed by atoms with Crippen molar-refractivity contribution in [3.05, 3.63) is 60.2 Å². The van der Waals surface area contributed by atoms with E-state index in [4.69, 9.17) is 4.74 Å². The van der Waals surface area contributed by atoms with Crippen LogP contribution in [0.2, 0.25) is 0 Å². The van der Waals surface area contributed by atoms with E-state index in [0.29, 0.717) is 12.2 Å². The molecule has 0 aliphatic carbocycles. The SMILES string of the molecule is CCCOC(=O)c1ccccc1Nc1ccccc1. The van der Waals surface area contributed by atoms with E-state index in [-0.39, 0.29) is 5.97 Å². The maximum absolute atomic E-state index is 12.0. The molecule has 0 bridgehead atoms. The smallest absolute Gasteiger partial charge is 0.340 e. The van der Waals surface area contributed by atoms with Gasteiger partial charge >= 0.3 is 5.97 Å². The number of rotatable bonds is 5. The third-order valence-electron chi connectivity index (χ3n) is 2.64. The summed E-state index contributed by atoms with van der Waals surface area (Å²) in [7, 11) is 0. The first-order chi connectivity index (χ1) is 9.31. The van der Waals surface area contributed by atoms with Crippen molar-refractivity contribution in [2.75, 3.05) is 11.9 Å². The monoisotopic (exact) mass is 255 g/mol. The molecule has 0 heterocycles. The van der Waals surface area contributed by atoms with Crippen LogP contribution in [0.25, 0.3) is 0 Å². The van der Waals surface area contributed by atoms with Crippen LogP contribution in [-0.4, -0.2) is 12.6 Å². The highest BCUT2D eigenvalue weighted by atomic mass is 16.5. The van der Waals surface area contributed by atoms with Gasteiger partial charge in [-0.15, -0.1) is 0 Å². The van der Waals surface area contributed by atoms with Crippen LogP contribution in [0.15, 0.2) is 54.6 Å². The zero-order chi connectivity index (χ0) is 13.5. The van der Waals surface area contributed by atoms with Gasteiger partial charge in [-0.2, -0.15) is 0 Å². The highest BCUT2D eigenvalue weighted by Crippen LogP contribution is 2.21. The summed E-state index contributed by atoms with van der Waals surface area (Å²) >= 11 is 0. The van der Waals surface area contributed by atoms with Gasteiger partial charge in [0.2, 0.25) is 0 Å². The molecule has 19 heavy (non-hydrogen) atoms. The summed E-state index contributed by atoms with van der Waals surface area (Å²) in [5.74, 6) is -0.291. The van der Waals surface area contributed by atoms with E-state index in [1.807, 2.05) is 55.5 Å². The third-order valence-corrected chi connectivity index (χ3v) is 2.64. The fourth-order valence-corrected chi connectivity index (χ4v) is 1.72. The van der Waals surface area contributed by atoms with E-state index in [0.717, 1.165) is 17.8 Å². The maximum atomic E-state index is 12.0. The normalized spacial score (nSPS) is 9.95. The summed E-state index contributed by atoms with van der Waals surface area (Å²) in [5.41, 5.74) is 2.26. The van der Waals surface area contributed by atoms with Crippen LogP contribution >= 0.6 is 0 Å². The number of nitrogens with one attached hydrogen (secondary N) is 1. The molecule has 1 N–H and O–H groups in total. The topological polar surface area (TPSA) is 38.3 Å². The van der Waals surface area contributed by atoms with Gasteiger partial charge in [0, 0.05) is 5.69 Å². The van der Waals surface area contributed by atoms with Gasteiger partial charge in [0.05, 0.1) is 17.9 Å². The van der Waals surface area contributed by atoms with Crippen LogP contribution in [0.3, 0.4) is 0 Å². The molecule has 0 aliphatic heterocycles. The number of hydrogen-bond acceptors (Lipinski definition) is 3. The van der Waals surface area contributed by atoms with Gasteiger partial charge in [-0.1, -0.05) is 37.3 Å². The van der Waals surface area contributed by atoms with E-state index in [1.54, 1.807) is 6.07 Å². The van der Waals surface area contributed by atoms with Crippen molar-refractivity contribution in [2.45, 2.75) is 13.3 Å². The Morgan fingerprint density at radius 3 is 2.47 bits per heavy atom. The Morgan fingerprint density at radius 2 is 1.74 bits per heavy atom. The Morgan fingerprint density at radius 1 is 1.05 bits per heavy atom. The molecular formula is C16H17NO2. The minimum Gasteiger partial charge on any atom is -0.462 e. The molecule has 0 saturated heterocycles. The van der Waals surface area contributed by atoms with E-state index >= 15 is 0 Å². The lowest BCUT2D eigenvalue weighted by Crippen LogP contribution is -2.08. The third kappa shape index (κ3) is 3.58. The van der Waals surface area contributed by atoms with Crippen molar-refractivity contribution in [3.8, 4) is 0 Å². The van der Waals surface area contributed by atoms with Crippen LogP contribution in [0, 0.1) is 0 Å². The van der Waals surface area contributed by atoms with E-state index in [9.17, 15) is 4.79 Å². The summed E-state index contributed by atoms with van der Waals surface area (Å²) in [6, 6.07) is 17.1. The number of ether oxygens (including phenoxy) is 1. The Bertz CT molecular complexity index is 537. The fraction of sp³-hybridized carbons (Fsp3) is 0.188. The quantitative estimate of drug-likeness (QED) is 0.821. The summed E-state index contributed by atoms with van der Waals surface area (Å²) < 4.78 is 5.18. The second-order valence-corrected chi connectivity index (χ2v) is 4.17. The molecule has 2 rings (SSSR count). The van der Waals surface area contributed by atoms with Gasteiger partial charge in [-0.3, -0.25) is 0 Å². The molecule has 0 amide bonds. The van der Waals surface area contributed by atoms with Crippen LogP contribution in [0.4, 0.5) is 11.4 Å². The van der Waals surface area contributed by atoms with Crippen molar-refractivity contribution in [2.24, 2.45) is 0 Å². The largest absolute Gasteiger partial charge is 0.462 e. The van der Waals surface area contributed by atoms with Crippen molar-refractivity contribution in [1.82, 2.24) is 0 Å². The van der Waals surface area contributed by atoms with Crippen molar-refractivity contribution >= 4 is 17.3 Å². The Labute approximate surface area is 113 Å². The summed E-state index contributed by atoms with van der Waals surface area (Å²) in [6.07, 6.45) is 0.819. The van der Waals surface area contributed by atoms with E-state index in [2.05, 4.69) is 5.32 Å². The molecule has 0 spiro atoms.